The number of furan rings is 1. The number of aromatic nitrogens is 1. The zero-order valence-electron chi connectivity index (χ0n) is 8.68. The van der Waals surface area contributed by atoms with Crippen LogP contribution in [0.4, 0.5) is 0 Å². The Hall–Kier alpha value is -1.61. The van der Waals surface area contributed by atoms with Crippen molar-refractivity contribution in [2.75, 3.05) is 0 Å². The number of rotatable bonds is 4. The standard InChI is InChI=1S/C12H14N2O/c1-10(12-6-2-3-7-13-12)14-9-11-5-4-8-15-11/h2-8,10,14H,9H2,1H3/t10-/m0/s1. The van der Waals surface area contributed by atoms with Gasteiger partial charge in [0.15, 0.2) is 0 Å². The molecule has 0 aliphatic rings. The van der Waals surface area contributed by atoms with Gasteiger partial charge in [0.1, 0.15) is 5.76 Å². The molecule has 2 aromatic heterocycles. The minimum atomic E-state index is 0.233. The Morgan fingerprint density at radius 3 is 2.93 bits per heavy atom. The molecule has 0 aromatic carbocycles. The van der Waals surface area contributed by atoms with Gasteiger partial charge < -0.3 is 9.73 Å². The Kier molecular flexibility index (Phi) is 3.15. The first kappa shape index (κ1) is 9.93. The monoisotopic (exact) mass is 202 g/mol. The van der Waals surface area contributed by atoms with Gasteiger partial charge in [0, 0.05) is 12.2 Å². The second-order valence-electron chi connectivity index (χ2n) is 3.44. The quantitative estimate of drug-likeness (QED) is 0.827. The molecular weight excluding hydrogens is 188 g/mol. The van der Waals surface area contributed by atoms with Gasteiger partial charge in [0.2, 0.25) is 0 Å². The molecule has 15 heavy (non-hydrogen) atoms. The zero-order chi connectivity index (χ0) is 10.5. The fourth-order valence-electron chi connectivity index (χ4n) is 1.40. The molecule has 0 saturated heterocycles. The SMILES string of the molecule is C[C@H](NCc1ccco1)c1ccccn1. The summed E-state index contributed by atoms with van der Waals surface area (Å²) in [6.45, 7) is 2.82. The highest BCUT2D eigenvalue weighted by Gasteiger charge is 2.05. The molecule has 2 heterocycles. The zero-order valence-corrected chi connectivity index (χ0v) is 8.68. The molecule has 1 atom stereocenters. The molecule has 1 N–H and O–H groups in total. The largest absolute Gasteiger partial charge is 0.468 e. The second-order valence-corrected chi connectivity index (χ2v) is 3.44. The Labute approximate surface area is 89.1 Å². The molecule has 0 saturated carbocycles. The average Bonchev–Trinajstić information content (AvgIpc) is 2.80. The van der Waals surface area contributed by atoms with Crippen molar-refractivity contribution < 1.29 is 4.42 Å². The van der Waals surface area contributed by atoms with Gasteiger partial charge in [0.05, 0.1) is 18.5 Å². The van der Waals surface area contributed by atoms with Crippen LogP contribution < -0.4 is 5.32 Å². The van der Waals surface area contributed by atoms with Crippen molar-refractivity contribution in [3.05, 3.63) is 54.2 Å². The molecule has 0 unspecified atom stereocenters. The third kappa shape index (κ3) is 2.67. The molecule has 0 amide bonds. The average molecular weight is 202 g/mol. The first-order chi connectivity index (χ1) is 7.36. The van der Waals surface area contributed by atoms with Crippen LogP contribution in [-0.4, -0.2) is 4.98 Å². The molecule has 3 nitrogen and oxygen atoms in total. The Morgan fingerprint density at radius 1 is 1.33 bits per heavy atom. The van der Waals surface area contributed by atoms with Gasteiger partial charge in [-0.3, -0.25) is 4.98 Å². The summed E-state index contributed by atoms with van der Waals surface area (Å²) in [6, 6.07) is 10.0. The number of nitrogens with zero attached hydrogens (tertiary/aromatic N) is 1. The van der Waals surface area contributed by atoms with Crippen LogP contribution in [0.3, 0.4) is 0 Å². The summed E-state index contributed by atoms with van der Waals surface area (Å²) in [6.07, 6.45) is 3.49. The van der Waals surface area contributed by atoms with E-state index in [-0.39, 0.29) is 6.04 Å². The van der Waals surface area contributed by atoms with E-state index < -0.39 is 0 Å². The van der Waals surface area contributed by atoms with Crippen molar-refractivity contribution in [2.24, 2.45) is 0 Å². The first-order valence-corrected chi connectivity index (χ1v) is 5.03. The summed E-state index contributed by atoms with van der Waals surface area (Å²) in [5.41, 5.74) is 1.05. The smallest absolute Gasteiger partial charge is 0.117 e. The second kappa shape index (κ2) is 4.75. The molecule has 0 bridgehead atoms. The van der Waals surface area contributed by atoms with Gasteiger partial charge in [-0.05, 0) is 31.2 Å². The predicted molar refractivity (Wildman–Crippen MR) is 58.2 cm³/mol. The van der Waals surface area contributed by atoms with Gasteiger partial charge in [-0.25, -0.2) is 0 Å². The van der Waals surface area contributed by atoms with Crippen molar-refractivity contribution in [3.63, 3.8) is 0 Å². The van der Waals surface area contributed by atoms with Crippen molar-refractivity contribution in [3.8, 4) is 0 Å². The normalized spacial score (nSPS) is 12.6. The van der Waals surface area contributed by atoms with Crippen LogP contribution in [0.5, 0.6) is 0 Å². The maximum absolute atomic E-state index is 5.24. The molecule has 78 valence electrons. The van der Waals surface area contributed by atoms with E-state index in [4.69, 9.17) is 4.42 Å². The number of pyridine rings is 1. The molecule has 3 heteroatoms. The lowest BCUT2D eigenvalue weighted by molar-refractivity contribution is 0.457. The van der Waals surface area contributed by atoms with Crippen LogP contribution >= 0.6 is 0 Å². The molecule has 0 aliphatic heterocycles. The molecule has 0 aliphatic carbocycles. The number of nitrogens with one attached hydrogen (secondary N) is 1. The maximum atomic E-state index is 5.24. The minimum absolute atomic E-state index is 0.233. The van der Waals surface area contributed by atoms with Crippen LogP contribution in [0, 0.1) is 0 Å². The van der Waals surface area contributed by atoms with Crippen LogP contribution in [0.15, 0.2) is 47.2 Å². The van der Waals surface area contributed by atoms with Crippen LogP contribution in [-0.2, 0) is 6.54 Å². The van der Waals surface area contributed by atoms with E-state index in [1.54, 1.807) is 12.5 Å². The predicted octanol–water partition coefficient (Wildman–Crippen LogP) is 2.53. The number of hydrogen-bond donors (Lipinski definition) is 1. The Bertz CT molecular complexity index is 383. The van der Waals surface area contributed by atoms with Gasteiger partial charge in [-0.15, -0.1) is 0 Å². The van der Waals surface area contributed by atoms with E-state index in [0.29, 0.717) is 0 Å². The van der Waals surface area contributed by atoms with E-state index in [2.05, 4.69) is 17.2 Å². The highest BCUT2D eigenvalue weighted by atomic mass is 16.3. The maximum Gasteiger partial charge on any atom is 0.117 e. The fourth-order valence-corrected chi connectivity index (χ4v) is 1.40. The third-order valence-corrected chi connectivity index (χ3v) is 2.29. The molecule has 2 rings (SSSR count). The van der Waals surface area contributed by atoms with Crippen molar-refractivity contribution in [2.45, 2.75) is 19.5 Å². The third-order valence-electron chi connectivity index (χ3n) is 2.29. The van der Waals surface area contributed by atoms with Gasteiger partial charge in [0.25, 0.3) is 0 Å². The van der Waals surface area contributed by atoms with Crippen LogP contribution in [0.25, 0.3) is 0 Å². The summed E-state index contributed by atoms with van der Waals surface area (Å²) < 4.78 is 5.24. The van der Waals surface area contributed by atoms with Gasteiger partial charge in [-0.1, -0.05) is 6.07 Å². The van der Waals surface area contributed by atoms with Crippen molar-refractivity contribution in [1.82, 2.24) is 10.3 Å². The molecule has 0 spiro atoms. The Morgan fingerprint density at radius 2 is 2.27 bits per heavy atom. The topological polar surface area (TPSA) is 38.1 Å². The van der Waals surface area contributed by atoms with E-state index in [9.17, 15) is 0 Å². The summed E-state index contributed by atoms with van der Waals surface area (Å²) in [5, 5.41) is 3.35. The van der Waals surface area contributed by atoms with Crippen molar-refractivity contribution >= 4 is 0 Å². The lowest BCUT2D eigenvalue weighted by atomic mass is 10.2. The fraction of sp³-hybridized carbons (Fsp3) is 0.250. The highest BCUT2D eigenvalue weighted by Crippen LogP contribution is 2.09. The summed E-state index contributed by atoms with van der Waals surface area (Å²) in [4.78, 5) is 4.29. The lowest BCUT2D eigenvalue weighted by Gasteiger charge is -2.11. The summed E-state index contributed by atoms with van der Waals surface area (Å²) in [5.74, 6) is 0.942. The van der Waals surface area contributed by atoms with Gasteiger partial charge >= 0.3 is 0 Å². The molecular formula is C12H14N2O. The van der Waals surface area contributed by atoms with E-state index in [0.717, 1.165) is 18.0 Å². The van der Waals surface area contributed by atoms with Crippen molar-refractivity contribution in [1.29, 1.82) is 0 Å². The Balaban J connectivity index is 1.90. The molecule has 2 aromatic rings. The van der Waals surface area contributed by atoms with Gasteiger partial charge in [-0.2, -0.15) is 0 Å². The summed E-state index contributed by atoms with van der Waals surface area (Å²) in [7, 11) is 0. The van der Waals surface area contributed by atoms with E-state index in [1.807, 2.05) is 30.3 Å². The van der Waals surface area contributed by atoms with E-state index >= 15 is 0 Å². The first-order valence-electron chi connectivity index (χ1n) is 5.03. The van der Waals surface area contributed by atoms with Crippen LogP contribution in [0.1, 0.15) is 24.4 Å². The molecule has 0 radical (unpaired) electrons. The van der Waals surface area contributed by atoms with Crippen LogP contribution in [0.2, 0.25) is 0 Å². The highest BCUT2D eigenvalue weighted by molar-refractivity contribution is 5.08. The lowest BCUT2D eigenvalue weighted by Crippen LogP contribution is -2.18. The molecule has 0 fully saturated rings. The summed E-state index contributed by atoms with van der Waals surface area (Å²) >= 11 is 0. The number of hydrogen-bond acceptors (Lipinski definition) is 3. The van der Waals surface area contributed by atoms with E-state index in [1.165, 1.54) is 0 Å². The minimum Gasteiger partial charge on any atom is -0.468 e.